The molecule has 2 aromatic rings. The fourth-order valence-electron chi connectivity index (χ4n) is 2.61. The smallest absolute Gasteiger partial charge is 0.368 e. The van der Waals surface area contributed by atoms with Crippen LogP contribution in [0.15, 0.2) is 30.6 Å². The van der Waals surface area contributed by atoms with E-state index in [0.717, 1.165) is 12.1 Å². The number of anilines is 1. The van der Waals surface area contributed by atoms with Crippen molar-refractivity contribution in [2.45, 2.75) is 24.4 Å². The van der Waals surface area contributed by atoms with Gasteiger partial charge in [0.1, 0.15) is 17.3 Å². The maximum atomic E-state index is 13.6. The van der Waals surface area contributed by atoms with Crippen molar-refractivity contribution in [3.63, 3.8) is 0 Å². The zero-order valence-corrected chi connectivity index (χ0v) is 12.9. The zero-order valence-electron chi connectivity index (χ0n) is 12.9. The monoisotopic (exact) mass is 354 g/mol. The van der Waals surface area contributed by atoms with Crippen LogP contribution in [0.2, 0.25) is 0 Å². The highest BCUT2D eigenvalue weighted by Crippen LogP contribution is 2.49. The van der Waals surface area contributed by atoms with Gasteiger partial charge in [-0.2, -0.15) is 13.2 Å². The number of aromatic nitrogens is 2. The van der Waals surface area contributed by atoms with Crippen molar-refractivity contribution in [1.82, 2.24) is 9.97 Å². The van der Waals surface area contributed by atoms with Crippen LogP contribution < -0.4 is 11.1 Å². The van der Waals surface area contributed by atoms with Crippen molar-refractivity contribution < 1.29 is 22.4 Å². The molecule has 1 heterocycles. The first-order chi connectivity index (χ1) is 11.7. The zero-order chi connectivity index (χ0) is 18.2. The van der Waals surface area contributed by atoms with E-state index in [4.69, 9.17) is 5.73 Å². The first kappa shape index (κ1) is 17.1. The highest BCUT2D eigenvalue weighted by molar-refractivity contribution is 5.90. The van der Waals surface area contributed by atoms with E-state index in [0.29, 0.717) is 18.9 Å². The summed E-state index contributed by atoms with van der Waals surface area (Å²) in [5.41, 5.74) is 3.77. The molecule has 1 aliphatic carbocycles. The lowest BCUT2D eigenvalue weighted by molar-refractivity contribution is -0.137. The molecule has 5 nitrogen and oxygen atoms in total. The van der Waals surface area contributed by atoms with Gasteiger partial charge in [0.2, 0.25) is 0 Å². The van der Waals surface area contributed by atoms with Crippen LogP contribution in [0.4, 0.5) is 23.4 Å². The quantitative estimate of drug-likeness (QED) is 0.809. The second-order valence-corrected chi connectivity index (χ2v) is 6.01. The third-order valence-corrected chi connectivity index (χ3v) is 4.19. The van der Waals surface area contributed by atoms with E-state index in [1.54, 1.807) is 0 Å². The van der Waals surface area contributed by atoms with Crippen molar-refractivity contribution >= 4 is 11.7 Å². The SMILES string of the molecule is NC(=O)c1cncc(NCC2(c3cc(F)cc(C(F)(F)F)c3)CC2)n1. The maximum Gasteiger partial charge on any atom is 0.416 e. The topological polar surface area (TPSA) is 80.9 Å². The van der Waals surface area contributed by atoms with Gasteiger partial charge in [-0.25, -0.2) is 9.37 Å². The van der Waals surface area contributed by atoms with E-state index in [2.05, 4.69) is 15.3 Å². The molecular formula is C16H14F4N4O. The lowest BCUT2D eigenvalue weighted by atomic mass is 9.94. The van der Waals surface area contributed by atoms with Gasteiger partial charge in [-0.05, 0) is 36.6 Å². The van der Waals surface area contributed by atoms with E-state index in [1.807, 2.05) is 0 Å². The molecule has 1 aliphatic rings. The van der Waals surface area contributed by atoms with Gasteiger partial charge >= 0.3 is 6.18 Å². The molecule has 1 fully saturated rings. The molecule has 1 aromatic heterocycles. The van der Waals surface area contributed by atoms with E-state index >= 15 is 0 Å². The summed E-state index contributed by atoms with van der Waals surface area (Å²) < 4.78 is 52.3. The predicted octanol–water partition coefficient (Wildman–Crippen LogP) is 2.88. The number of nitrogens with one attached hydrogen (secondary N) is 1. The van der Waals surface area contributed by atoms with Crippen molar-refractivity contribution in [2.24, 2.45) is 5.73 Å². The molecule has 0 atom stereocenters. The number of hydrogen-bond donors (Lipinski definition) is 2. The third-order valence-electron chi connectivity index (χ3n) is 4.19. The number of carbonyl (C=O) groups is 1. The summed E-state index contributed by atoms with van der Waals surface area (Å²) in [5, 5.41) is 2.93. The van der Waals surface area contributed by atoms with Crippen LogP contribution in [0.5, 0.6) is 0 Å². The second-order valence-electron chi connectivity index (χ2n) is 6.01. The van der Waals surface area contributed by atoms with Gasteiger partial charge in [0.25, 0.3) is 5.91 Å². The fourth-order valence-corrected chi connectivity index (χ4v) is 2.61. The molecule has 132 valence electrons. The first-order valence-corrected chi connectivity index (χ1v) is 7.44. The molecule has 1 saturated carbocycles. The van der Waals surface area contributed by atoms with Crippen molar-refractivity contribution in [1.29, 1.82) is 0 Å². The summed E-state index contributed by atoms with van der Waals surface area (Å²) in [7, 11) is 0. The number of rotatable bonds is 5. The Morgan fingerprint density at radius 1 is 1.24 bits per heavy atom. The molecular weight excluding hydrogens is 340 g/mol. The Balaban J connectivity index is 1.81. The minimum Gasteiger partial charge on any atom is -0.368 e. The number of amides is 1. The molecule has 0 bridgehead atoms. The van der Waals surface area contributed by atoms with E-state index in [9.17, 15) is 22.4 Å². The Morgan fingerprint density at radius 3 is 2.56 bits per heavy atom. The van der Waals surface area contributed by atoms with Gasteiger partial charge in [0.05, 0.1) is 18.0 Å². The number of carbonyl (C=O) groups excluding carboxylic acids is 1. The molecule has 9 heteroatoms. The van der Waals surface area contributed by atoms with Crippen LogP contribution in [-0.4, -0.2) is 22.4 Å². The molecule has 0 saturated heterocycles. The van der Waals surface area contributed by atoms with Gasteiger partial charge in [-0.15, -0.1) is 0 Å². The van der Waals surface area contributed by atoms with Gasteiger partial charge in [0.15, 0.2) is 0 Å². The van der Waals surface area contributed by atoms with Crippen molar-refractivity contribution in [3.05, 3.63) is 53.2 Å². The van der Waals surface area contributed by atoms with Crippen LogP contribution in [0.3, 0.4) is 0 Å². The third kappa shape index (κ3) is 3.70. The minimum atomic E-state index is -4.61. The van der Waals surface area contributed by atoms with Crippen LogP contribution in [0.25, 0.3) is 0 Å². The Hall–Kier alpha value is -2.71. The molecule has 3 N–H and O–H groups in total. The van der Waals surface area contributed by atoms with Gasteiger partial charge in [-0.3, -0.25) is 9.78 Å². The Labute approximate surface area is 140 Å². The Bertz CT molecular complexity index is 818. The lowest BCUT2D eigenvalue weighted by Gasteiger charge is -2.19. The molecule has 0 radical (unpaired) electrons. The molecule has 0 spiro atoms. The van der Waals surface area contributed by atoms with E-state index < -0.39 is 28.9 Å². The summed E-state index contributed by atoms with van der Waals surface area (Å²) in [6, 6.07) is 2.58. The molecule has 1 aromatic carbocycles. The predicted molar refractivity (Wildman–Crippen MR) is 81.4 cm³/mol. The van der Waals surface area contributed by atoms with Crippen LogP contribution in [-0.2, 0) is 11.6 Å². The first-order valence-electron chi connectivity index (χ1n) is 7.44. The summed E-state index contributed by atoms with van der Waals surface area (Å²) in [6.45, 7) is 0.241. The van der Waals surface area contributed by atoms with Crippen molar-refractivity contribution in [3.8, 4) is 0 Å². The number of benzene rings is 1. The number of nitrogens with two attached hydrogens (primary N) is 1. The fraction of sp³-hybridized carbons (Fsp3) is 0.312. The lowest BCUT2D eigenvalue weighted by Crippen LogP contribution is -2.22. The highest BCUT2D eigenvalue weighted by Gasteiger charge is 2.45. The van der Waals surface area contributed by atoms with Crippen LogP contribution >= 0.6 is 0 Å². The maximum absolute atomic E-state index is 13.6. The summed E-state index contributed by atoms with van der Waals surface area (Å²) >= 11 is 0. The van der Waals surface area contributed by atoms with E-state index in [-0.39, 0.29) is 23.6 Å². The summed E-state index contributed by atoms with van der Waals surface area (Å²) in [5.74, 6) is -1.39. The van der Waals surface area contributed by atoms with Crippen molar-refractivity contribution in [2.75, 3.05) is 11.9 Å². The van der Waals surface area contributed by atoms with Gasteiger partial charge in [0, 0.05) is 12.0 Å². The molecule has 25 heavy (non-hydrogen) atoms. The second kappa shape index (κ2) is 5.98. The van der Waals surface area contributed by atoms with Gasteiger partial charge < -0.3 is 11.1 Å². The van der Waals surface area contributed by atoms with Crippen LogP contribution in [0.1, 0.15) is 34.5 Å². The average Bonchev–Trinajstić information content (AvgIpc) is 3.33. The normalized spacial score (nSPS) is 15.7. The minimum absolute atomic E-state index is 0.0278. The molecule has 0 unspecified atom stereocenters. The average molecular weight is 354 g/mol. The number of alkyl halides is 3. The molecule has 1 amide bonds. The standard InChI is InChI=1S/C16H14F4N4O/c17-11-4-9(3-10(5-11)16(18,19)20)15(1-2-15)8-23-13-7-22-6-12(24-13)14(21)25/h3-7H,1-2,8H2,(H2,21,25)(H,23,24). The molecule has 0 aliphatic heterocycles. The molecule has 3 rings (SSSR count). The number of halogens is 4. The Kier molecular flexibility index (Phi) is 4.09. The van der Waals surface area contributed by atoms with Gasteiger partial charge in [-0.1, -0.05) is 0 Å². The summed E-state index contributed by atoms with van der Waals surface area (Å²) in [6.07, 6.45) is -0.799. The summed E-state index contributed by atoms with van der Waals surface area (Å²) in [4.78, 5) is 18.9. The number of primary amides is 1. The Morgan fingerprint density at radius 2 is 1.96 bits per heavy atom. The number of nitrogens with zero attached hydrogens (tertiary/aromatic N) is 2. The van der Waals surface area contributed by atoms with E-state index in [1.165, 1.54) is 12.4 Å². The highest BCUT2D eigenvalue weighted by atomic mass is 19.4. The number of hydrogen-bond acceptors (Lipinski definition) is 4. The van der Waals surface area contributed by atoms with Crippen LogP contribution in [0, 0.1) is 5.82 Å². The largest absolute Gasteiger partial charge is 0.416 e.